The summed E-state index contributed by atoms with van der Waals surface area (Å²) in [6.45, 7) is 6.62. The van der Waals surface area contributed by atoms with E-state index in [1.165, 1.54) is 5.56 Å². The topological polar surface area (TPSA) is 30.2 Å². The third-order valence-electron chi connectivity index (χ3n) is 7.72. The third kappa shape index (κ3) is 5.91. The molecule has 5 aromatic carbocycles. The molecule has 1 heterocycles. The lowest BCUT2D eigenvalue weighted by Gasteiger charge is -2.19. The first-order valence-corrected chi connectivity index (χ1v) is 14.7. The van der Waals surface area contributed by atoms with Gasteiger partial charge in [0.2, 0.25) is 0 Å². The molecule has 0 unspecified atom stereocenters. The first-order chi connectivity index (χ1) is 20.9. The molecule has 43 heavy (non-hydrogen) atoms. The predicted octanol–water partition coefficient (Wildman–Crippen LogP) is 10.7. The second kappa shape index (κ2) is 12.0. The molecule has 2 nitrogen and oxygen atoms in total. The Morgan fingerprint density at radius 1 is 0.535 bits per heavy atom. The fraction of sp³-hybridized carbons (Fsp3) is 0.0976. The number of carbonyl (C=O) groups is 1. The minimum absolute atomic E-state index is 0.0157. The van der Waals surface area contributed by atoms with Gasteiger partial charge in [-0.15, -0.1) is 0 Å². The van der Waals surface area contributed by atoms with Crippen LogP contribution in [0, 0.1) is 0 Å². The van der Waals surface area contributed by atoms with Crippen LogP contribution in [-0.4, -0.2) is 5.78 Å². The maximum atomic E-state index is 14.5. The molecule has 1 aromatic heterocycles. The molecule has 0 saturated heterocycles. The van der Waals surface area contributed by atoms with Crippen LogP contribution in [0.5, 0.6) is 0 Å². The Morgan fingerprint density at radius 2 is 0.977 bits per heavy atom. The van der Waals surface area contributed by atoms with Gasteiger partial charge < -0.3 is 4.42 Å². The highest BCUT2D eigenvalue weighted by molar-refractivity contribution is 6.16. The SMILES string of the molecule is CC(C)(C)c1ccc(-c2oc(-c3ccccc3)c(C(=O)c3ccccc3)c2C=C(c2ccccc2)c2ccccc2)cc1. The number of hydrogen-bond donors (Lipinski definition) is 0. The van der Waals surface area contributed by atoms with Crippen LogP contribution in [0.4, 0.5) is 0 Å². The Hall–Kier alpha value is -5.21. The molecule has 0 aliphatic heterocycles. The second-order valence-corrected chi connectivity index (χ2v) is 11.7. The average molecular weight is 559 g/mol. The van der Waals surface area contributed by atoms with Crippen molar-refractivity contribution in [3.63, 3.8) is 0 Å². The van der Waals surface area contributed by atoms with Gasteiger partial charge in [0.25, 0.3) is 0 Å². The summed E-state index contributed by atoms with van der Waals surface area (Å²) in [6, 6.07) is 48.5. The van der Waals surface area contributed by atoms with E-state index in [0.29, 0.717) is 22.6 Å². The van der Waals surface area contributed by atoms with Crippen LogP contribution in [0.1, 0.15) is 58.9 Å². The van der Waals surface area contributed by atoms with Crippen LogP contribution < -0.4 is 0 Å². The van der Waals surface area contributed by atoms with Gasteiger partial charge in [-0.25, -0.2) is 0 Å². The van der Waals surface area contributed by atoms with E-state index in [-0.39, 0.29) is 11.2 Å². The molecular formula is C41H34O2. The van der Waals surface area contributed by atoms with Gasteiger partial charge in [0, 0.05) is 22.3 Å². The summed E-state index contributed by atoms with van der Waals surface area (Å²) >= 11 is 0. The molecule has 6 aromatic rings. The smallest absolute Gasteiger partial charge is 0.197 e. The van der Waals surface area contributed by atoms with Crippen molar-refractivity contribution in [2.24, 2.45) is 0 Å². The molecule has 210 valence electrons. The Labute approximate surface area is 254 Å². The maximum Gasteiger partial charge on any atom is 0.197 e. The Morgan fingerprint density at radius 3 is 1.47 bits per heavy atom. The van der Waals surface area contributed by atoms with Gasteiger partial charge in [-0.2, -0.15) is 0 Å². The van der Waals surface area contributed by atoms with E-state index in [1.807, 2.05) is 97.1 Å². The molecule has 0 N–H and O–H groups in total. The average Bonchev–Trinajstić information content (AvgIpc) is 3.43. The van der Waals surface area contributed by atoms with Crippen LogP contribution in [0.25, 0.3) is 34.3 Å². The van der Waals surface area contributed by atoms with Crippen LogP contribution in [0.2, 0.25) is 0 Å². The summed E-state index contributed by atoms with van der Waals surface area (Å²) in [5.74, 6) is 1.16. The Kier molecular flexibility index (Phi) is 7.77. The van der Waals surface area contributed by atoms with Crippen LogP contribution in [0.3, 0.4) is 0 Å². The largest absolute Gasteiger partial charge is 0.455 e. The van der Waals surface area contributed by atoms with E-state index in [1.54, 1.807) is 0 Å². The highest BCUT2D eigenvalue weighted by atomic mass is 16.3. The van der Waals surface area contributed by atoms with Crippen LogP contribution in [0.15, 0.2) is 150 Å². The van der Waals surface area contributed by atoms with Crippen LogP contribution >= 0.6 is 0 Å². The van der Waals surface area contributed by atoms with Crippen molar-refractivity contribution in [2.75, 3.05) is 0 Å². The fourth-order valence-electron chi connectivity index (χ4n) is 5.38. The molecule has 0 atom stereocenters. The molecular weight excluding hydrogens is 524 g/mol. The Bertz CT molecular complexity index is 1810. The highest BCUT2D eigenvalue weighted by Crippen LogP contribution is 2.42. The van der Waals surface area contributed by atoms with Gasteiger partial charge in [0.05, 0.1) is 5.56 Å². The summed E-state index contributed by atoms with van der Waals surface area (Å²) in [5.41, 5.74) is 8.09. The summed E-state index contributed by atoms with van der Waals surface area (Å²) < 4.78 is 6.79. The molecule has 0 fully saturated rings. The molecule has 0 aliphatic carbocycles. The lowest BCUT2D eigenvalue weighted by Crippen LogP contribution is -2.10. The van der Waals surface area contributed by atoms with Crippen molar-refractivity contribution in [1.29, 1.82) is 0 Å². The molecule has 0 radical (unpaired) electrons. The summed E-state index contributed by atoms with van der Waals surface area (Å²) in [7, 11) is 0. The van der Waals surface area contributed by atoms with E-state index in [4.69, 9.17) is 4.42 Å². The quantitative estimate of drug-likeness (QED) is 0.182. The van der Waals surface area contributed by atoms with E-state index >= 15 is 0 Å². The molecule has 0 spiro atoms. The molecule has 6 rings (SSSR count). The minimum atomic E-state index is -0.0764. The van der Waals surface area contributed by atoms with E-state index in [2.05, 4.69) is 75.4 Å². The molecule has 0 amide bonds. The lowest BCUT2D eigenvalue weighted by atomic mass is 9.86. The molecule has 0 bridgehead atoms. The third-order valence-corrected chi connectivity index (χ3v) is 7.72. The molecule has 0 saturated carbocycles. The summed E-state index contributed by atoms with van der Waals surface area (Å²) in [6.07, 6.45) is 2.13. The number of furan rings is 1. The standard InChI is InChI=1S/C41H34O2/c1-41(2,3)34-26-24-33(25-27-34)39-36(28-35(29-16-8-4-9-17-29)30-18-10-5-11-19-30)37(38(42)31-20-12-6-13-21-31)40(43-39)32-22-14-7-15-23-32/h4-28H,1-3H3. The number of benzene rings is 5. The van der Waals surface area contributed by atoms with Crippen molar-refractivity contribution in [1.82, 2.24) is 0 Å². The number of carbonyl (C=O) groups excluding carboxylic acids is 1. The minimum Gasteiger partial charge on any atom is -0.455 e. The van der Waals surface area contributed by atoms with E-state index in [9.17, 15) is 4.79 Å². The fourth-order valence-corrected chi connectivity index (χ4v) is 5.38. The second-order valence-electron chi connectivity index (χ2n) is 11.7. The van der Waals surface area contributed by atoms with Gasteiger partial charge >= 0.3 is 0 Å². The maximum absolute atomic E-state index is 14.5. The van der Waals surface area contributed by atoms with Gasteiger partial charge in [0.1, 0.15) is 11.5 Å². The van der Waals surface area contributed by atoms with E-state index < -0.39 is 0 Å². The first kappa shape index (κ1) is 27.9. The van der Waals surface area contributed by atoms with Gasteiger partial charge in [-0.05, 0) is 33.8 Å². The van der Waals surface area contributed by atoms with Crippen molar-refractivity contribution < 1.29 is 9.21 Å². The highest BCUT2D eigenvalue weighted by Gasteiger charge is 2.28. The lowest BCUT2D eigenvalue weighted by molar-refractivity contribution is 0.103. The normalized spacial score (nSPS) is 11.2. The van der Waals surface area contributed by atoms with Crippen molar-refractivity contribution in [2.45, 2.75) is 26.2 Å². The predicted molar refractivity (Wildman–Crippen MR) is 178 cm³/mol. The zero-order valence-electron chi connectivity index (χ0n) is 24.8. The Balaban J connectivity index is 1.69. The van der Waals surface area contributed by atoms with Gasteiger partial charge in [0.15, 0.2) is 5.78 Å². The summed E-state index contributed by atoms with van der Waals surface area (Å²) in [4.78, 5) is 14.5. The molecule has 0 aliphatic rings. The van der Waals surface area contributed by atoms with Gasteiger partial charge in [-0.3, -0.25) is 4.79 Å². The van der Waals surface area contributed by atoms with E-state index in [0.717, 1.165) is 33.4 Å². The van der Waals surface area contributed by atoms with Crippen molar-refractivity contribution >= 4 is 17.4 Å². The van der Waals surface area contributed by atoms with Crippen LogP contribution in [-0.2, 0) is 5.41 Å². The first-order valence-electron chi connectivity index (χ1n) is 14.7. The number of rotatable bonds is 7. The monoisotopic (exact) mass is 558 g/mol. The number of hydrogen-bond acceptors (Lipinski definition) is 2. The number of ketones is 1. The molecule has 2 heteroatoms. The van der Waals surface area contributed by atoms with Crippen molar-refractivity contribution in [3.8, 4) is 22.6 Å². The van der Waals surface area contributed by atoms with Gasteiger partial charge in [-0.1, -0.05) is 166 Å². The zero-order chi connectivity index (χ0) is 29.8. The van der Waals surface area contributed by atoms with Crippen molar-refractivity contribution in [3.05, 3.63) is 179 Å². The summed E-state index contributed by atoms with van der Waals surface area (Å²) in [5, 5.41) is 0. The zero-order valence-corrected chi connectivity index (χ0v) is 24.8.